The van der Waals surface area contributed by atoms with E-state index >= 15 is 0 Å². The van der Waals surface area contributed by atoms with E-state index in [0.717, 1.165) is 11.3 Å². The number of carbonyl (C=O) groups is 1. The van der Waals surface area contributed by atoms with Crippen molar-refractivity contribution in [1.29, 1.82) is 0 Å². The smallest absolute Gasteiger partial charge is 0.411 e. The number of hydrogen-bond acceptors (Lipinski definition) is 3. The van der Waals surface area contributed by atoms with Crippen LogP contribution in [0.25, 0.3) is 0 Å². The molecule has 1 N–H and O–H groups in total. The van der Waals surface area contributed by atoms with Gasteiger partial charge in [-0.05, 0) is 36.8 Å². The van der Waals surface area contributed by atoms with E-state index in [1.54, 1.807) is 19.1 Å². The molecule has 2 aromatic carbocycles. The summed E-state index contributed by atoms with van der Waals surface area (Å²) in [5.74, 6) is 0.753. The van der Waals surface area contributed by atoms with E-state index in [1.807, 2.05) is 42.5 Å². The molecule has 0 saturated carbocycles. The minimum Gasteiger partial charge on any atom is -0.489 e. The second-order valence-electron chi connectivity index (χ2n) is 4.14. The van der Waals surface area contributed by atoms with Crippen LogP contribution in [-0.2, 0) is 11.3 Å². The van der Waals surface area contributed by atoms with Gasteiger partial charge in [-0.1, -0.05) is 30.3 Å². The normalized spacial score (nSPS) is 9.85. The predicted molar refractivity (Wildman–Crippen MR) is 77.9 cm³/mol. The Kier molecular flexibility index (Phi) is 5.00. The summed E-state index contributed by atoms with van der Waals surface area (Å²) < 4.78 is 10.5. The lowest BCUT2D eigenvalue weighted by molar-refractivity contribution is 0.168. The Hall–Kier alpha value is -2.49. The number of ether oxygens (including phenoxy) is 2. The van der Waals surface area contributed by atoms with Gasteiger partial charge in [-0.15, -0.1) is 0 Å². The van der Waals surface area contributed by atoms with E-state index < -0.39 is 6.09 Å². The average molecular weight is 271 g/mol. The topological polar surface area (TPSA) is 47.6 Å². The molecule has 20 heavy (non-hydrogen) atoms. The minimum atomic E-state index is -0.453. The lowest BCUT2D eigenvalue weighted by Gasteiger charge is -2.08. The van der Waals surface area contributed by atoms with Crippen LogP contribution >= 0.6 is 0 Å². The van der Waals surface area contributed by atoms with Gasteiger partial charge in [0.1, 0.15) is 12.4 Å². The third kappa shape index (κ3) is 4.31. The zero-order chi connectivity index (χ0) is 14.2. The summed E-state index contributed by atoms with van der Waals surface area (Å²) in [5.41, 5.74) is 1.79. The molecule has 0 heterocycles. The molecule has 0 aromatic heterocycles. The number of carbonyl (C=O) groups excluding carboxylic acids is 1. The van der Waals surface area contributed by atoms with Gasteiger partial charge in [0.15, 0.2) is 0 Å². The molecule has 0 spiro atoms. The van der Waals surface area contributed by atoms with E-state index in [4.69, 9.17) is 9.47 Å². The van der Waals surface area contributed by atoms with Crippen LogP contribution in [0.4, 0.5) is 10.5 Å². The summed E-state index contributed by atoms with van der Waals surface area (Å²) in [7, 11) is 0. The summed E-state index contributed by atoms with van der Waals surface area (Å²) in [6, 6.07) is 17.1. The summed E-state index contributed by atoms with van der Waals surface area (Å²) in [4.78, 5) is 11.2. The van der Waals surface area contributed by atoms with Crippen molar-refractivity contribution in [3.05, 3.63) is 60.2 Å². The molecule has 2 aromatic rings. The van der Waals surface area contributed by atoms with Crippen LogP contribution in [0, 0.1) is 0 Å². The number of hydrogen-bond donors (Lipinski definition) is 1. The van der Waals surface area contributed by atoms with Gasteiger partial charge >= 0.3 is 6.09 Å². The van der Waals surface area contributed by atoms with Gasteiger partial charge in [0.25, 0.3) is 0 Å². The highest BCUT2D eigenvalue weighted by Crippen LogP contribution is 2.17. The van der Waals surface area contributed by atoms with Crippen LogP contribution in [0.2, 0.25) is 0 Å². The molecule has 0 fully saturated rings. The van der Waals surface area contributed by atoms with Gasteiger partial charge < -0.3 is 9.47 Å². The molecule has 0 aliphatic rings. The molecule has 0 radical (unpaired) electrons. The molecule has 0 aliphatic heterocycles. The fraction of sp³-hybridized carbons (Fsp3) is 0.188. The summed E-state index contributed by atoms with van der Waals surface area (Å²) in [5, 5.41) is 2.63. The predicted octanol–water partition coefficient (Wildman–Crippen LogP) is 3.83. The van der Waals surface area contributed by atoms with Crippen molar-refractivity contribution in [2.75, 3.05) is 11.9 Å². The fourth-order valence-electron chi connectivity index (χ4n) is 1.66. The number of benzene rings is 2. The quantitative estimate of drug-likeness (QED) is 0.899. The van der Waals surface area contributed by atoms with E-state index in [1.165, 1.54) is 0 Å². The molecule has 4 heteroatoms. The Bertz CT molecular complexity index is 537. The highest BCUT2D eigenvalue weighted by atomic mass is 16.5. The third-order valence-corrected chi connectivity index (χ3v) is 2.62. The first-order valence-corrected chi connectivity index (χ1v) is 6.48. The molecule has 104 valence electrons. The molecule has 0 aliphatic carbocycles. The zero-order valence-corrected chi connectivity index (χ0v) is 11.3. The maximum atomic E-state index is 11.2. The average Bonchev–Trinajstić information content (AvgIpc) is 2.48. The second-order valence-corrected chi connectivity index (χ2v) is 4.14. The van der Waals surface area contributed by atoms with Crippen molar-refractivity contribution in [1.82, 2.24) is 0 Å². The van der Waals surface area contributed by atoms with Crippen molar-refractivity contribution < 1.29 is 14.3 Å². The van der Waals surface area contributed by atoms with E-state index in [9.17, 15) is 4.79 Å². The Morgan fingerprint density at radius 1 is 1.05 bits per heavy atom. The van der Waals surface area contributed by atoms with Crippen LogP contribution in [0.1, 0.15) is 12.5 Å². The Labute approximate surface area is 118 Å². The van der Waals surface area contributed by atoms with Crippen LogP contribution in [0.15, 0.2) is 54.6 Å². The van der Waals surface area contributed by atoms with Gasteiger partial charge in [-0.2, -0.15) is 0 Å². The number of nitrogens with one attached hydrogen (secondary N) is 1. The minimum absolute atomic E-state index is 0.351. The van der Waals surface area contributed by atoms with Gasteiger partial charge in [0.2, 0.25) is 0 Å². The Morgan fingerprint density at radius 3 is 2.40 bits per heavy atom. The number of anilines is 1. The van der Waals surface area contributed by atoms with E-state index in [2.05, 4.69) is 5.32 Å². The van der Waals surface area contributed by atoms with Gasteiger partial charge in [-0.3, -0.25) is 5.32 Å². The first-order valence-electron chi connectivity index (χ1n) is 6.48. The van der Waals surface area contributed by atoms with Crippen LogP contribution in [-0.4, -0.2) is 12.7 Å². The summed E-state index contributed by atoms with van der Waals surface area (Å²) in [6.45, 7) is 2.63. The second kappa shape index (κ2) is 7.19. The largest absolute Gasteiger partial charge is 0.489 e. The highest BCUT2D eigenvalue weighted by Gasteiger charge is 2.02. The first kappa shape index (κ1) is 13.9. The molecular formula is C16H17NO3. The molecule has 0 saturated heterocycles. The van der Waals surface area contributed by atoms with E-state index in [0.29, 0.717) is 18.9 Å². The Balaban J connectivity index is 1.87. The summed E-state index contributed by atoms with van der Waals surface area (Å²) >= 11 is 0. The maximum absolute atomic E-state index is 11.2. The molecule has 0 unspecified atom stereocenters. The van der Waals surface area contributed by atoms with Crippen LogP contribution in [0.5, 0.6) is 5.75 Å². The SMILES string of the molecule is CCOC(=O)Nc1ccc(OCc2ccccc2)cc1. The maximum Gasteiger partial charge on any atom is 0.411 e. The monoisotopic (exact) mass is 271 g/mol. The lowest BCUT2D eigenvalue weighted by Crippen LogP contribution is -2.13. The number of rotatable bonds is 5. The molecule has 0 atom stereocenters. The Morgan fingerprint density at radius 2 is 1.75 bits per heavy atom. The van der Waals surface area contributed by atoms with Crippen molar-refractivity contribution in [2.45, 2.75) is 13.5 Å². The van der Waals surface area contributed by atoms with Crippen molar-refractivity contribution in [3.8, 4) is 5.75 Å². The molecule has 0 bridgehead atoms. The van der Waals surface area contributed by atoms with Gasteiger partial charge in [0, 0.05) is 5.69 Å². The summed E-state index contributed by atoms with van der Waals surface area (Å²) in [6.07, 6.45) is -0.453. The first-order chi connectivity index (χ1) is 9.78. The highest BCUT2D eigenvalue weighted by molar-refractivity contribution is 5.84. The van der Waals surface area contributed by atoms with Crippen LogP contribution < -0.4 is 10.1 Å². The number of amides is 1. The van der Waals surface area contributed by atoms with Crippen molar-refractivity contribution in [2.24, 2.45) is 0 Å². The molecule has 1 amide bonds. The van der Waals surface area contributed by atoms with Crippen molar-refractivity contribution in [3.63, 3.8) is 0 Å². The fourth-order valence-corrected chi connectivity index (χ4v) is 1.66. The van der Waals surface area contributed by atoms with Gasteiger partial charge in [0.05, 0.1) is 6.61 Å². The van der Waals surface area contributed by atoms with E-state index in [-0.39, 0.29) is 0 Å². The third-order valence-electron chi connectivity index (χ3n) is 2.62. The van der Waals surface area contributed by atoms with Crippen molar-refractivity contribution >= 4 is 11.8 Å². The molecule has 4 nitrogen and oxygen atoms in total. The van der Waals surface area contributed by atoms with Gasteiger partial charge in [-0.25, -0.2) is 4.79 Å². The lowest BCUT2D eigenvalue weighted by atomic mass is 10.2. The standard InChI is InChI=1S/C16H17NO3/c1-2-19-16(18)17-14-8-10-15(11-9-14)20-12-13-6-4-3-5-7-13/h3-11H,2,12H2,1H3,(H,17,18). The zero-order valence-electron chi connectivity index (χ0n) is 11.3. The molecular weight excluding hydrogens is 254 g/mol. The molecule has 2 rings (SSSR count). The van der Waals surface area contributed by atoms with Crippen LogP contribution in [0.3, 0.4) is 0 Å².